The van der Waals surface area contributed by atoms with E-state index in [-0.39, 0.29) is 5.41 Å². The second kappa shape index (κ2) is 7.08. The van der Waals surface area contributed by atoms with Crippen molar-refractivity contribution in [2.24, 2.45) is 5.41 Å². The summed E-state index contributed by atoms with van der Waals surface area (Å²) in [5, 5.41) is 0. The van der Waals surface area contributed by atoms with Gasteiger partial charge in [-0.25, -0.2) is 4.72 Å². The van der Waals surface area contributed by atoms with Gasteiger partial charge in [-0.1, -0.05) is 20.3 Å². The van der Waals surface area contributed by atoms with Gasteiger partial charge in [-0.2, -0.15) is 12.7 Å². The molecular formula is C12H25ClN2O2S. The molecule has 0 amide bonds. The van der Waals surface area contributed by atoms with Gasteiger partial charge in [0.25, 0.3) is 10.2 Å². The van der Waals surface area contributed by atoms with Crippen LogP contribution >= 0.6 is 11.6 Å². The maximum absolute atomic E-state index is 12.2. The number of hydrogen-bond donors (Lipinski definition) is 1. The van der Waals surface area contributed by atoms with Crippen LogP contribution in [-0.2, 0) is 10.2 Å². The third-order valence-corrected chi connectivity index (χ3v) is 6.19. The van der Waals surface area contributed by atoms with Gasteiger partial charge in [0.2, 0.25) is 0 Å². The summed E-state index contributed by atoms with van der Waals surface area (Å²) in [4.78, 5) is 0. The molecular weight excluding hydrogens is 272 g/mol. The fourth-order valence-electron chi connectivity index (χ4n) is 2.18. The molecule has 0 saturated carbocycles. The topological polar surface area (TPSA) is 49.4 Å². The second-order valence-electron chi connectivity index (χ2n) is 5.13. The number of rotatable bonds is 7. The highest BCUT2D eigenvalue weighted by Crippen LogP contribution is 2.27. The lowest BCUT2D eigenvalue weighted by Gasteiger charge is -2.32. The van der Waals surface area contributed by atoms with Crippen molar-refractivity contribution >= 4 is 21.8 Å². The van der Waals surface area contributed by atoms with E-state index in [9.17, 15) is 8.42 Å². The highest BCUT2D eigenvalue weighted by molar-refractivity contribution is 7.87. The SMILES string of the molecule is CCC(CC)(CCl)CNS(=O)(=O)N1CCCCC1. The molecule has 0 unspecified atom stereocenters. The summed E-state index contributed by atoms with van der Waals surface area (Å²) in [5.74, 6) is 0.489. The van der Waals surface area contributed by atoms with E-state index in [4.69, 9.17) is 11.6 Å². The highest BCUT2D eigenvalue weighted by Gasteiger charge is 2.30. The van der Waals surface area contributed by atoms with Gasteiger partial charge in [0.15, 0.2) is 0 Å². The molecule has 1 aliphatic rings. The Hall–Kier alpha value is 0.160. The van der Waals surface area contributed by atoms with Gasteiger partial charge in [-0.15, -0.1) is 11.6 Å². The first-order chi connectivity index (χ1) is 8.49. The first-order valence-electron chi connectivity index (χ1n) is 6.80. The molecule has 0 aromatic rings. The first-order valence-corrected chi connectivity index (χ1v) is 8.78. The van der Waals surface area contributed by atoms with E-state index in [1.165, 1.54) is 0 Å². The van der Waals surface area contributed by atoms with E-state index >= 15 is 0 Å². The van der Waals surface area contributed by atoms with Crippen LogP contribution in [0.5, 0.6) is 0 Å². The maximum Gasteiger partial charge on any atom is 0.279 e. The molecule has 1 saturated heterocycles. The van der Waals surface area contributed by atoms with Crippen LogP contribution in [0.4, 0.5) is 0 Å². The quantitative estimate of drug-likeness (QED) is 0.733. The largest absolute Gasteiger partial charge is 0.279 e. The monoisotopic (exact) mass is 296 g/mol. The Morgan fingerprint density at radius 3 is 2.17 bits per heavy atom. The predicted octanol–water partition coefficient (Wildman–Crippen LogP) is 2.35. The molecule has 1 fully saturated rings. The number of halogens is 1. The van der Waals surface area contributed by atoms with Gasteiger partial charge in [0.1, 0.15) is 0 Å². The Kier molecular flexibility index (Phi) is 6.38. The first kappa shape index (κ1) is 16.2. The van der Waals surface area contributed by atoms with Gasteiger partial charge < -0.3 is 0 Å². The van der Waals surface area contributed by atoms with E-state index in [1.807, 2.05) is 0 Å². The predicted molar refractivity (Wildman–Crippen MR) is 76.1 cm³/mol. The number of hydrogen-bond acceptors (Lipinski definition) is 2. The number of nitrogens with one attached hydrogen (secondary N) is 1. The van der Waals surface area contributed by atoms with E-state index in [0.29, 0.717) is 25.5 Å². The molecule has 1 rings (SSSR count). The van der Waals surface area contributed by atoms with Crippen LogP contribution in [0.25, 0.3) is 0 Å². The zero-order valence-electron chi connectivity index (χ0n) is 11.4. The second-order valence-corrected chi connectivity index (χ2v) is 7.15. The van der Waals surface area contributed by atoms with E-state index < -0.39 is 10.2 Å². The lowest BCUT2D eigenvalue weighted by molar-refractivity contribution is 0.293. The Morgan fingerprint density at radius 1 is 1.17 bits per heavy atom. The zero-order valence-corrected chi connectivity index (χ0v) is 13.0. The van der Waals surface area contributed by atoms with Crippen molar-refractivity contribution in [3.63, 3.8) is 0 Å². The Morgan fingerprint density at radius 2 is 1.72 bits per heavy atom. The molecule has 0 aliphatic carbocycles. The molecule has 0 aromatic heterocycles. The number of piperidine rings is 1. The molecule has 6 heteroatoms. The van der Waals surface area contributed by atoms with Crippen molar-refractivity contribution in [3.8, 4) is 0 Å². The smallest absolute Gasteiger partial charge is 0.202 e. The van der Waals surface area contributed by atoms with Crippen molar-refractivity contribution in [1.82, 2.24) is 9.03 Å². The summed E-state index contributed by atoms with van der Waals surface area (Å²) in [5.41, 5.74) is -0.121. The standard InChI is InChI=1S/C12H25ClN2O2S/c1-3-12(4-2,10-13)11-14-18(16,17)15-8-6-5-7-9-15/h14H,3-11H2,1-2H3. The van der Waals surface area contributed by atoms with Crippen LogP contribution in [0.3, 0.4) is 0 Å². The minimum absolute atomic E-state index is 0.121. The molecule has 1 heterocycles. The summed E-state index contributed by atoms with van der Waals surface area (Å²) in [6.07, 6.45) is 4.82. The Labute approximate surface area is 116 Å². The average molecular weight is 297 g/mol. The summed E-state index contributed by atoms with van der Waals surface area (Å²) in [7, 11) is -3.32. The summed E-state index contributed by atoms with van der Waals surface area (Å²) in [6.45, 7) is 5.83. The van der Waals surface area contributed by atoms with Crippen LogP contribution < -0.4 is 4.72 Å². The fourth-order valence-corrected chi connectivity index (χ4v) is 4.06. The van der Waals surface area contributed by atoms with Gasteiger partial charge >= 0.3 is 0 Å². The molecule has 0 aromatic carbocycles. The van der Waals surface area contributed by atoms with Crippen LogP contribution in [0, 0.1) is 5.41 Å². The number of nitrogens with zero attached hydrogens (tertiary/aromatic N) is 1. The molecule has 1 aliphatic heterocycles. The third-order valence-electron chi connectivity index (χ3n) is 4.07. The summed E-state index contributed by atoms with van der Waals surface area (Å²) >= 11 is 5.99. The van der Waals surface area contributed by atoms with E-state index in [0.717, 1.165) is 32.1 Å². The van der Waals surface area contributed by atoms with E-state index in [2.05, 4.69) is 18.6 Å². The molecule has 0 bridgehead atoms. The zero-order chi connectivity index (χ0) is 13.6. The summed E-state index contributed by atoms with van der Waals surface area (Å²) in [6, 6.07) is 0. The normalized spacial score (nSPS) is 19.1. The lowest BCUT2D eigenvalue weighted by atomic mass is 9.85. The molecule has 1 N–H and O–H groups in total. The van der Waals surface area contributed by atoms with Crippen LogP contribution in [0.15, 0.2) is 0 Å². The fraction of sp³-hybridized carbons (Fsp3) is 1.00. The van der Waals surface area contributed by atoms with Crippen molar-refractivity contribution < 1.29 is 8.42 Å². The van der Waals surface area contributed by atoms with Gasteiger partial charge in [-0.05, 0) is 31.1 Å². The van der Waals surface area contributed by atoms with Crippen molar-refractivity contribution in [3.05, 3.63) is 0 Å². The minimum atomic E-state index is -3.32. The minimum Gasteiger partial charge on any atom is -0.202 e. The van der Waals surface area contributed by atoms with Crippen molar-refractivity contribution in [2.45, 2.75) is 46.0 Å². The van der Waals surface area contributed by atoms with Crippen molar-refractivity contribution in [2.75, 3.05) is 25.5 Å². The average Bonchev–Trinajstić information content (AvgIpc) is 2.42. The third kappa shape index (κ3) is 4.08. The molecule has 0 spiro atoms. The summed E-state index contributed by atoms with van der Waals surface area (Å²) < 4.78 is 28.6. The molecule has 108 valence electrons. The Balaban J connectivity index is 2.59. The molecule has 18 heavy (non-hydrogen) atoms. The van der Waals surface area contributed by atoms with Crippen LogP contribution in [-0.4, -0.2) is 38.2 Å². The van der Waals surface area contributed by atoms with Gasteiger partial charge in [0, 0.05) is 25.5 Å². The maximum atomic E-state index is 12.2. The number of alkyl halides is 1. The lowest BCUT2D eigenvalue weighted by Crippen LogP contribution is -2.47. The van der Waals surface area contributed by atoms with Gasteiger partial charge in [0.05, 0.1) is 0 Å². The van der Waals surface area contributed by atoms with Crippen LogP contribution in [0.2, 0.25) is 0 Å². The Bertz CT molecular complexity index is 328. The van der Waals surface area contributed by atoms with Gasteiger partial charge in [-0.3, -0.25) is 0 Å². The van der Waals surface area contributed by atoms with Crippen molar-refractivity contribution in [1.29, 1.82) is 0 Å². The van der Waals surface area contributed by atoms with E-state index in [1.54, 1.807) is 4.31 Å². The molecule has 4 nitrogen and oxygen atoms in total. The molecule has 0 atom stereocenters. The van der Waals surface area contributed by atoms with Crippen LogP contribution in [0.1, 0.15) is 46.0 Å². The molecule has 0 radical (unpaired) electrons. The highest BCUT2D eigenvalue weighted by atomic mass is 35.5.